The maximum Gasteiger partial charge on any atom is -0.0383 e. The fourth-order valence-electron chi connectivity index (χ4n) is 4.82. The molecule has 4 unspecified atom stereocenters. The molecule has 2 saturated carbocycles. The van der Waals surface area contributed by atoms with Crippen LogP contribution in [0.4, 0.5) is 0 Å². The van der Waals surface area contributed by atoms with E-state index in [0.29, 0.717) is 0 Å². The van der Waals surface area contributed by atoms with E-state index >= 15 is 0 Å². The summed E-state index contributed by atoms with van der Waals surface area (Å²) >= 11 is 0. The SMILES string of the molecule is CC1CCCCC(C2CCCCCCC(C)C2)CCC1. The van der Waals surface area contributed by atoms with Crippen LogP contribution in [0.5, 0.6) is 0 Å². The zero-order valence-electron chi connectivity index (χ0n) is 14.2. The minimum absolute atomic E-state index is 0.990. The van der Waals surface area contributed by atoms with Crippen LogP contribution in [0.2, 0.25) is 0 Å². The van der Waals surface area contributed by atoms with Gasteiger partial charge in [-0.05, 0) is 30.1 Å². The molecule has 0 N–H and O–H groups in total. The topological polar surface area (TPSA) is 0 Å². The molecule has 2 fully saturated rings. The van der Waals surface area contributed by atoms with Gasteiger partial charge >= 0.3 is 0 Å². The highest BCUT2D eigenvalue weighted by Gasteiger charge is 2.24. The summed E-state index contributed by atoms with van der Waals surface area (Å²) in [5, 5.41) is 0. The summed E-state index contributed by atoms with van der Waals surface area (Å²) in [6, 6.07) is 0. The zero-order chi connectivity index (χ0) is 14.2. The molecule has 0 saturated heterocycles. The molecule has 0 aromatic heterocycles. The van der Waals surface area contributed by atoms with Gasteiger partial charge in [0, 0.05) is 0 Å². The van der Waals surface area contributed by atoms with Crippen LogP contribution in [0, 0.1) is 23.7 Å². The Bertz CT molecular complexity index is 244. The Morgan fingerprint density at radius 2 is 0.950 bits per heavy atom. The lowest BCUT2D eigenvalue weighted by Crippen LogP contribution is -2.18. The first-order chi connectivity index (χ1) is 9.75. The van der Waals surface area contributed by atoms with E-state index in [1.54, 1.807) is 25.7 Å². The normalized spacial score (nSPS) is 38.7. The molecule has 0 spiro atoms. The van der Waals surface area contributed by atoms with Crippen molar-refractivity contribution < 1.29 is 0 Å². The molecule has 2 rings (SSSR count). The smallest absolute Gasteiger partial charge is 0.0383 e. The number of hydrogen-bond acceptors (Lipinski definition) is 0. The Morgan fingerprint density at radius 3 is 1.80 bits per heavy atom. The van der Waals surface area contributed by atoms with Crippen molar-refractivity contribution in [2.24, 2.45) is 23.7 Å². The Hall–Kier alpha value is 0. The van der Waals surface area contributed by atoms with Gasteiger partial charge in [-0.3, -0.25) is 0 Å². The van der Waals surface area contributed by atoms with Crippen LogP contribution in [0.15, 0.2) is 0 Å². The van der Waals surface area contributed by atoms with Crippen molar-refractivity contribution in [3.05, 3.63) is 0 Å². The van der Waals surface area contributed by atoms with E-state index in [1.807, 2.05) is 0 Å². The van der Waals surface area contributed by atoms with E-state index in [-0.39, 0.29) is 0 Å². The van der Waals surface area contributed by atoms with Gasteiger partial charge in [0.15, 0.2) is 0 Å². The summed E-state index contributed by atoms with van der Waals surface area (Å²) in [5.41, 5.74) is 0. The van der Waals surface area contributed by atoms with Crippen LogP contribution >= 0.6 is 0 Å². The summed E-state index contributed by atoms with van der Waals surface area (Å²) in [6.07, 6.45) is 21.2. The highest BCUT2D eigenvalue weighted by Crippen LogP contribution is 2.37. The highest BCUT2D eigenvalue weighted by atomic mass is 14.3. The van der Waals surface area contributed by atoms with Gasteiger partial charge in [-0.2, -0.15) is 0 Å². The monoisotopic (exact) mass is 278 g/mol. The molecule has 0 bridgehead atoms. The quantitative estimate of drug-likeness (QED) is 0.485. The van der Waals surface area contributed by atoms with Gasteiger partial charge in [0.25, 0.3) is 0 Å². The highest BCUT2D eigenvalue weighted by molar-refractivity contribution is 4.76. The minimum Gasteiger partial charge on any atom is -0.0625 e. The Kier molecular flexibility index (Phi) is 7.45. The van der Waals surface area contributed by atoms with Crippen molar-refractivity contribution in [3.63, 3.8) is 0 Å². The maximum atomic E-state index is 2.52. The van der Waals surface area contributed by atoms with E-state index in [2.05, 4.69) is 13.8 Å². The lowest BCUT2D eigenvalue weighted by atomic mass is 9.77. The summed E-state index contributed by atoms with van der Waals surface area (Å²) in [5.74, 6) is 4.12. The summed E-state index contributed by atoms with van der Waals surface area (Å²) < 4.78 is 0. The Labute approximate surface area is 128 Å². The molecule has 20 heavy (non-hydrogen) atoms. The van der Waals surface area contributed by atoms with Crippen molar-refractivity contribution >= 4 is 0 Å². The predicted molar refractivity (Wildman–Crippen MR) is 89.9 cm³/mol. The van der Waals surface area contributed by atoms with Gasteiger partial charge in [0.05, 0.1) is 0 Å². The van der Waals surface area contributed by atoms with Gasteiger partial charge in [0.2, 0.25) is 0 Å². The number of rotatable bonds is 1. The van der Waals surface area contributed by atoms with Gasteiger partial charge in [-0.25, -0.2) is 0 Å². The van der Waals surface area contributed by atoms with Crippen molar-refractivity contribution in [2.75, 3.05) is 0 Å². The molecule has 118 valence electrons. The molecule has 0 radical (unpaired) electrons. The molecule has 0 aromatic carbocycles. The fraction of sp³-hybridized carbons (Fsp3) is 1.00. The van der Waals surface area contributed by atoms with Crippen molar-refractivity contribution in [2.45, 2.75) is 104 Å². The van der Waals surface area contributed by atoms with Crippen molar-refractivity contribution in [3.8, 4) is 0 Å². The first-order valence-electron chi connectivity index (χ1n) is 9.75. The minimum atomic E-state index is 0.990. The van der Waals surface area contributed by atoms with Crippen LogP contribution in [-0.4, -0.2) is 0 Å². The largest absolute Gasteiger partial charge is 0.0625 e. The van der Waals surface area contributed by atoms with Crippen molar-refractivity contribution in [1.29, 1.82) is 0 Å². The molecule has 2 aliphatic carbocycles. The molecule has 2 aliphatic rings. The third-order valence-corrected chi connectivity index (χ3v) is 6.19. The average molecular weight is 279 g/mol. The Morgan fingerprint density at radius 1 is 0.450 bits per heavy atom. The maximum absolute atomic E-state index is 2.52. The van der Waals surface area contributed by atoms with Crippen molar-refractivity contribution in [1.82, 2.24) is 0 Å². The molecule has 4 atom stereocenters. The van der Waals surface area contributed by atoms with Crippen LogP contribution in [0.25, 0.3) is 0 Å². The molecule has 0 nitrogen and oxygen atoms in total. The number of hydrogen-bond donors (Lipinski definition) is 0. The van der Waals surface area contributed by atoms with E-state index < -0.39 is 0 Å². The van der Waals surface area contributed by atoms with Gasteiger partial charge in [-0.15, -0.1) is 0 Å². The van der Waals surface area contributed by atoms with Gasteiger partial charge in [-0.1, -0.05) is 97.3 Å². The van der Waals surface area contributed by atoms with E-state index in [4.69, 9.17) is 0 Å². The van der Waals surface area contributed by atoms with Crippen LogP contribution in [0.3, 0.4) is 0 Å². The zero-order valence-corrected chi connectivity index (χ0v) is 14.2. The lowest BCUT2D eigenvalue weighted by molar-refractivity contribution is 0.222. The second-order valence-corrected chi connectivity index (χ2v) is 8.17. The molecule has 0 heteroatoms. The molecule has 0 aromatic rings. The summed E-state index contributed by atoms with van der Waals surface area (Å²) in [6.45, 7) is 5.00. The van der Waals surface area contributed by atoms with Gasteiger partial charge in [0.1, 0.15) is 0 Å². The van der Waals surface area contributed by atoms with Gasteiger partial charge < -0.3 is 0 Å². The van der Waals surface area contributed by atoms with E-state index in [9.17, 15) is 0 Å². The first kappa shape index (κ1) is 16.4. The molecule has 0 amide bonds. The molecule has 0 heterocycles. The summed E-state index contributed by atoms with van der Waals surface area (Å²) in [7, 11) is 0. The first-order valence-corrected chi connectivity index (χ1v) is 9.75. The predicted octanol–water partition coefficient (Wildman–Crippen LogP) is 6.98. The standard InChI is InChI=1S/C20H38/c1-17-10-7-8-13-19(15-9-12-17)20-14-6-4-3-5-11-18(2)16-20/h17-20H,3-16H2,1-2H3. The van der Waals surface area contributed by atoms with Crippen LogP contribution < -0.4 is 0 Å². The Balaban J connectivity index is 1.90. The second kappa shape index (κ2) is 9.11. The lowest BCUT2D eigenvalue weighted by Gasteiger charge is -2.29. The molecular formula is C20H38. The second-order valence-electron chi connectivity index (χ2n) is 8.17. The third kappa shape index (κ3) is 5.78. The third-order valence-electron chi connectivity index (χ3n) is 6.19. The van der Waals surface area contributed by atoms with Crippen LogP contribution in [0.1, 0.15) is 104 Å². The van der Waals surface area contributed by atoms with E-state index in [0.717, 1.165) is 23.7 Å². The van der Waals surface area contributed by atoms with E-state index in [1.165, 1.54) is 64.2 Å². The molecular weight excluding hydrogens is 240 g/mol. The van der Waals surface area contributed by atoms with Crippen LogP contribution in [-0.2, 0) is 0 Å². The average Bonchev–Trinajstić information content (AvgIpc) is 2.59. The summed E-state index contributed by atoms with van der Waals surface area (Å²) in [4.78, 5) is 0. The molecule has 0 aliphatic heterocycles. The fourth-order valence-corrected chi connectivity index (χ4v) is 4.82.